The summed E-state index contributed by atoms with van der Waals surface area (Å²) in [6.45, 7) is 2.36. The van der Waals surface area contributed by atoms with E-state index in [2.05, 4.69) is 4.98 Å². The first kappa shape index (κ1) is 14.1. The molecule has 1 aliphatic rings. The predicted octanol–water partition coefficient (Wildman–Crippen LogP) is 0.452. The van der Waals surface area contributed by atoms with Gasteiger partial charge in [0.25, 0.3) is 0 Å². The molecular formula is C13H18N4O3. The van der Waals surface area contributed by atoms with Gasteiger partial charge in [-0.25, -0.2) is 9.78 Å². The van der Waals surface area contributed by atoms with Gasteiger partial charge in [-0.2, -0.15) is 0 Å². The minimum Gasteiger partial charge on any atom is -0.478 e. The van der Waals surface area contributed by atoms with E-state index in [0.717, 1.165) is 6.42 Å². The lowest BCUT2D eigenvalue weighted by Gasteiger charge is -2.38. The smallest absolute Gasteiger partial charge is 0.339 e. The highest BCUT2D eigenvalue weighted by Crippen LogP contribution is 2.29. The molecule has 0 aliphatic carbocycles. The lowest BCUT2D eigenvalue weighted by atomic mass is 9.92. The Balaban J connectivity index is 2.38. The summed E-state index contributed by atoms with van der Waals surface area (Å²) in [5, 5.41) is 9.27. The van der Waals surface area contributed by atoms with Crippen LogP contribution in [0.5, 0.6) is 0 Å². The number of piperidine rings is 1. The molecule has 7 heteroatoms. The summed E-state index contributed by atoms with van der Waals surface area (Å²) in [4.78, 5) is 28.6. The standard InChI is InChI=1S/C13H18N4O3/c1-7-2-3-8(11(15)18)6-17(7)12-10(13(19)20)4-9(14)5-16-12/h4-5,7-8H,2-3,6,14H2,1H3,(H2,15,18)(H,19,20). The van der Waals surface area contributed by atoms with E-state index in [1.54, 1.807) is 0 Å². The van der Waals surface area contributed by atoms with Crippen molar-refractivity contribution in [2.24, 2.45) is 11.7 Å². The number of hydrogen-bond acceptors (Lipinski definition) is 5. The largest absolute Gasteiger partial charge is 0.478 e. The summed E-state index contributed by atoms with van der Waals surface area (Å²) in [7, 11) is 0. The van der Waals surface area contributed by atoms with Crippen LogP contribution in [-0.2, 0) is 4.79 Å². The maximum atomic E-state index is 11.3. The number of pyridine rings is 1. The van der Waals surface area contributed by atoms with Crippen LogP contribution < -0.4 is 16.4 Å². The molecule has 2 atom stereocenters. The molecule has 2 rings (SSSR count). The van der Waals surface area contributed by atoms with Crippen LogP contribution in [0.1, 0.15) is 30.1 Å². The molecule has 2 unspecified atom stereocenters. The van der Waals surface area contributed by atoms with Crippen molar-refractivity contribution in [3.63, 3.8) is 0 Å². The Hall–Kier alpha value is -2.31. The zero-order valence-electron chi connectivity index (χ0n) is 11.2. The first-order valence-electron chi connectivity index (χ1n) is 6.45. The Morgan fingerprint density at radius 3 is 2.75 bits per heavy atom. The average Bonchev–Trinajstić information content (AvgIpc) is 2.39. The van der Waals surface area contributed by atoms with Crippen LogP contribution in [0.15, 0.2) is 12.3 Å². The Labute approximate surface area is 116 Å². The normalized spacial score (nSPS) is 22.6. The van der Waals surface area contributed by atoms with Gasteiger partial charge in [-0.3, -0.25) is 4.79 Å². The van der Waals surface area contributed by atoms with Gasteiger partial charge >= 0.3 is 5.97 Å². The number of hydrogen-bond donors (Lipinski definition) is 3. The minimum atomic E-state index is -1.09. The number of carbonyl (C=O) groups excluding carboxylic acids is 1. The maximum absolute atomic E-state index is 11.3. The Morgan fingerprint density at radius 2 is 2.15 bits per heavy atom. The molecule has 108 valence electrons. The fourth-order valence-corrected chi connectivity index (χ4v) is 2.49. The van der Waals surface area contributed by atoms with Crippen molar-refractivity contribution in [2.75, 3.05) is 17.2 Å². The maximum Gasteiger partial charge on any atom is 0.339 e. The summed E-state index contributed by atoms with van der Waals surface area (Å²) >= 11 is 0. The molecule has 1 aliphatic heterocycles. The number of carboxylic acids is 1. The third-order valence-electron chi connectivity index (χ3n) is 3.67. The van der Waals surface area contributed by atoms with Gasteiger partial charge in [0.2, 0.25) is 5.91 Å². The molecule has 1 aromatic heterocycles. The van der Waals surface area contributed by atoms with Crippen molar-refractivity contribution in [1.29, 1.82) is 0 Å². The Morgan fingerprint density at radius 1 is 1.45 bits per heavy atom. The molecule has 0 radical (unpaired) electrons. The average molecular weight is 278 g/mol. The molecule has 0 saturated carbocycles. The summed E-state index contributed by atoms with van der Waals surface area (Å²) in [5.41, 5.74) is 11.3. The number of aromatic nitrogens is 1. The summed E-state index contributed by atoms with van der Waals surface area (Å²) in [6, 6.07) is 1.48. The topological polar surface area (TPSA) is 123 Å². The fourth-order valence-electron chi connectivity index (χ4n) is 2.49. The second kappa shape index (κ2) is 5.36. The molecule has 7 nitrogen and oxygen atoms in total. The monoisotopic (exact) mass is 278 g/mol. The number of aromatic carboxylic acids is 1. The van der Waals surface area contributed by atoms with Crippen molar-refractivity contribution >= 4 is 23.4 Å². The Kier molecular flexibility index (Phi) is 3.78. The highest BCUT2D eigenvalue weighted by molar-refractivity contribution is 5.94. The predicted molar refractivity (Wildman–Crippen MR) is 74.3 cm³/mol. The van der Waals surface area contributed by atoms with Gasteiger partial charge in [0.1, 0.15) is 11.4 Å². The van der Waals surface area contributed by atoms with Gasteiger partial charge in [0.05, 0.1) is 17.8 Å². The van der Waals surface area contributed by atoms with E-state index >= 15 is 0 Å². The second-order valence-electron chi connectivity index (χ2n) is 5.12. The summed E-state index contributed by atoms with van der Waals surface area (Å²) in [6.07, 6.45) is 2.89. The molecule has 20 heavy (non-hydrogen) atoms. The number of primary amides is 1. The highest BCUT2D eigenvalue weighted by atomic mass is 16.4. The summed E-state index contributed by atoms with van der Waals surface area (Å²) < 4.78 is 0. The van der Waals surface area contributed by atoms with Crippen molar-refractivity contribution < 1.29 is 14.7 Å². The van der Waals surface area contributed by atoms with Crippen molar-refractivity contribution in [1.82, 2.24) is 4.98 Å². The van der Waals surface area contributed by atoms with Crippen LogP contribution in [0.2, 0.25) is 0 Å². The number of nitrogens with zero attached hydrogens (tertiary/aromatic N) is 2. The van der Waals surface area contributed by atoms with E-state index in [1.165, 1.54) is 12.3 Å². The lowest BCUT2D eigenvalue weighted by molar-refractivity contribution is -0.122. The van der Waals surface area contributed by atoms with Crippen LogP contribution >= 0.6 is 0 Å². The first-order chi connectivity index (χ1) is 9.40. The third-order valence-corrected chi connectivity index (χ3v) is 3.67. The van der Waals surface area contributed by atoms with E-state index < -0.39 is 5.97 Å². The van der Waals surface area contributed by atoms with Crippen molar-refractivity contribution in [3.8, 4) is 0 Å². The van der Waals surface area contributed by atoms with Gasteiger partial charge in [-0.1, -0.05) is 0 Å². The second-order valence-corrected chi connectivity index (χ2v) is 5.12. The van der Waals surface area contributed by atoms with Gasteiger partial charge in [-0.15, -0.1) is 0 Å². The van der Waals surface area contributed by atoms with Gasteiger partial charge in [0, 0.05) is 12.6 Å². The van der Waals surface area contributed by atoms with E-state index in [0.29, 0.717) is 24.5 Å². The molecule has 5 N–H and O–H groups in total. The van der Waals surface area contributed by atoms with Crippen LogP contribution in [0.4, 0.5) is 11.5 Å². The molecule has 2 heterocycles. The van der Waals surface area contributed by atoms with Gasteiger partial charge < -0.3 is 21.5 Å². The van der Waals surface area contributed by atoms with E-state index in [9.17, 15) is 14.7 Å². The van der Waals surface area contributed by atoms with Crippen LogP contribution in [-0.4, -0.2) is 34.6 Å². The van der Waals surface area contributed by atoms with Crippen molar-refractivity contribution in [2.45, 2.75) is 25.8 Å². The summed E-state index contributed by atoms with van der Waals surface area (Å²) in [5.74, 6) is -1.40. The molecule has 1 saturated heterocycles. The number of anilines is 2. The van der Waals surface area contributed by atoms with Crippen LogP contribution in [0.3, 0.4) is 0 Å². The zero-order chi connectivity index (χ0) is 14.9. The van der Waals surface area contributed by atoms with E-state index in [4.69, 9.17) is 11.5 Å². The van der Waals surface area contributed by atoms with E-state index in [1.807, 2.05) is 11.8 Å². The van der Waals surface area contributed by atoms with Gasteiger partial charge in [0.15, 0.2) is 0 Å². The number of rotatable bonds is 3. The zero-order valence-corrected chi connectivity index (χ0v) is 11.2. The first-order valence-corrected chi connectivity index (χ1v) is 6.45. The molecule has 1 amide bonds. The number of carboxylic acid groups (broad SMARTS) is 1. The number of amides is 1. The van der Waals surface area contributed by atoms with E-state index in [-0.39, 0.29) is 23.4 Å². The number of nitrogens with two attached hydrogens (primary N) is 2. The van der Waals surface area contributed by atoms with Crippen LogP contribution in [0.25, 0.3) is 0 Å². The quantitative estimate of drug-likeness (QED) is 0.737. The molecule has 0 aromatic carbocycles. The number of nitrogen functional groups attached to an aromatic ring is 1. The Bertz CT molecular complexity index is 546. The van der Waals surface area contributed by atoms with Gasteiger partial charge in [-0.05, 0) is 25.8 Å². The third kappa shape index (κ3) is 2.66. The number of carbonyl (C=O) groups is 2. The lowest BCUT2D eigenvalue weighted by Crippen LogP contribution is -2.46. The fraction of sp³-hybridized carbons (Fsp3) is 0.462. The highest BCUT2D eigenvalue weighted by Gasteiger charge is 2.31. The molecule has 0 bridgehead atoms. The molecule has 1 aromatic rings. The van der Waals surface area contributed by atoms with Crippen molar-refractivity contribution in [3.05, 3.63) is 17.8 Å². The molecular weight excluding hydrogens is 260 g/mol. The SMILES string of the molecule is CC1CCC(C(N)=O)CN1c1ncc(N)cc1C(=O)O. The molecule has 0 spiro atoms. The molecule has 1 fully saturated rings. The minimum absolute atomic E-state index is 0.0435. The van der Waals surface area contributed by atoms with Crippen LogP contribution in [0, 0.1) is 5.92 Å².